The van der Waals surface area contributed by atoms with Crippen LogP contribution in [0.4, 0.5) is 13.2 Å². The number of carbonyl (C=O) groups excluding carboxylic acids is 1. The number of phenolic OH excluding ortho intramolecular Hbond substituents is 1. The molecule has 1 aromatic rings. The number of piperazine rings is 1. The van der Waals surface area contributed by atoms with E-state index in [0.29, 0.717) is 32.2 Å². The molecule has 0 unspecified atom stereocenters. The maximum atomic E-state index is 13.5. The van der Waals surface area contributed by atoms with Gasteiger partial charge in [0.15, 0.2) is 17.4 Å². The first-order chi connectivity index (χ1) is 8.52. The molecule has 106 valence electrons. The molecule has 0 atom stereocenters. The Morgan fingerprint density at radius 3 is 2.37 bits per heavy atom. The Balaban J connectivity index is 0.00000180. The third-order valence-corrected chi connectivity index (χ3v) is 2.77. The molecular weight excluding hydrogens is 285 g/mol. The molecule has 1 aliphatic heterocycles. The topological polar surface area (TPSA) is 52.6 Å². The fourth-order valence-corrected chi connectivity index (χ4v) is 1.78. The van der Waals surface area contributed by atoms with Gasteiger partial charge in [-0.25, -0.2) is 8.78 Å². The predicted molar refractivity (Wildman–Crippen MR) is 64.0 cm³/mol. The number of phenols is 1. The van der Waals surface area contributed by atoms with Gasteiger partial charge < -0.3 is 15.3 Å². The quantitative estimate of drug-likeness (QED) is 0.768. The third-order valence-electron chi connectivity index (χ3n) is 2.77. The van der Waals surface area contributed by atoms with E-state index in [9.17, 15) is 18.0 Å². The second-order valence-electron chi connectivity index (χ2n) is 3.92. The summed E-state index contributed by atoms with van der Waals surface area (Å²) < 4.78 is 39.5. The van der Waals surface area contributed by atoms with Crippen LogP contribution in [-0.4, -0.2) is 42.1 Å². The molecular formula is C11H12ClF3N2O2. The van der Waals surface area contributed by atoms with E-state index in [1.807, 2.05) is 0 Å². The fraction of sp³-hybridized carbons (Fsp3) is 0.364. The van der Waals surface area contributed by atoms with E-state index in [2.05, 4.69) is 5.32 Å². The molecule has 8 heteroatoms. The summed E-state index contributed by atoms with van der Waals surface area (Å²) in [7, 11) is 0. The Kier molecular flexibility index (Phi) is 5.02. The molecule has 0 aromatic heterocycles. The molecule has 1 aromatic carbocycles. The monoisotopic (exact) mass is 296 g/mol. The zero-order valence-electron chi connectivity index (χ0n) is 9.75. The minimum absolute atomic E-state index is 0. The number of aromatic hydroxyl groups is 1. The standard InChI is InChI=1S/C11H11F3N2O2.ClH/c12-7-5-6(8(13)10(17)9(7)14)11(18)16-3-1-15-2-4-16;/h5,15,17H,1-4H2;1H. The maximum Gasteiger partial charge on any atom is 0.257 e. The van der Waals surface area contributed by atoms with Gasteiger partial charge in [-0.3, -0.25) is 4.79 Å². The van der Waals surface area contributed by atoms with Crippen LogP contribution in [0.1, 0.15) is 10.4 Å². The highest BCUT2D eigenvalue weighted by Crippen LogP contribution is 2.26. The molecule has 1 aliphatic rings. The van der Waals surface area contributed by atoms with E-state index >= 15 is 0 Å². The summed E-state index contributed by atoms with van der Waals surface area (Å²) in [6.45, 7) is 1.78. The first-order valence-electron chi connectivity index (χ1n) is 5.39. The van der Waals surface area contributed by atoms with Crippen molar-refractivity contribution in [2.45, 2.75) is 0 Å². The van der Waals surface area contributed by atoms with Gasteiger partial charge in [-0.05, 0) is 6.07 Å². The lowest BCUT2D eigenvalue weighted by Gasteiger charge is -2.27. The van der Waals surface area contributed by atoms with Crippen molar-refractivity contribution in [3.05, 3.63) is 29.1 Å². The highest BCUT2D eigenvalue weighted by Gasteiger charge is 2.26. The summed E-state index contributed by atoms with van der Waals surface area (Å²) >= 11 is 0. The zero-order valence-corrected chi connectivity index (χ0v) is 10.6. The molecule has 1 heterocycles. The molecule has 0 radical (unpaired) electrons. The molecule has 1 amide bonds. The largest absolute Gasteiger partial charge is 0.503 e. The first-order valence-corrected chi connectivity index (χ1v) is 5.39. The third kappa shape index (κ3) is 2.93. The molecule has 4 nitrogen and oxygen atoms in total. The molecule has 0 saturated carbocycles. The SMILES string of the molecule is Cl.O=C(c1cc(F)c(F)c(O)c1F)N1CCNCC1. The zero-order chi connectivity index (χ0) is 13.3. The summed E-state index contributed by atoms with van der Waals surface area (Å²) in [6.07, 6.45) is 0. The molecule has 0 aliphatic carbocycles. The van der Waals surface area contributed by atoms with Crippen molar-refractivity contribution in [1.29, 1.82) is 0 Å². The van der Waals surface area contributed by atoms with E-state index in [1.54, 1.807) is 0 Å². The van der Waals surface area contributed by atoms with E-state index in [-0.39, 0.29) is 12.4 Å². The Bertz CT molecular complexity index is 493. The average Bonchev–Trinajstić information content (AvgIpc) is 2.41. The summed E-state index contributed by atoms with van der Waals surface area (Å²) in [6, 6.07) is 0.467. The molecule has 2 N–H and O–H groups in total. The van der Waals surface area contributed by atoms with Gasteiger partial charge in [-0.15, -0.1) is 12.4 Å². The van der Waals surface area contributed by atoms with Crippen LogP contribution in [0, 0.1) is 17.5 Å². The normalized spacial score (nSPS) is 15.0. The van der Waals surface area contributed by atoms with Gasteiger partial charge in [0.1, 0.15) is 0 Å². The average molecular weight is 297 g/mol. The Morgan fingerprint density at radius 1 is 1.21 bits per heavy atom. The first kappa shape index (κ1) is 15.6. The minimum Gasteiger partial charge on any atom is -0.503 e. The van der Waals surface area contributed by atoms with E-state index < -0.39 is 34.7 Å². The van der Waals surface area contributed by atoms with Gasteiger partial charge in [-0.2, -0.15) is 4.39 Å². The Morgan fingerprint density at radius 2 is 1.79 bits per heavy atom. The number of rotatable bonds is 1. The van der Waals surface area contributed by atoms with Crippen LogP contribution in [0.25, 0.3) is 0 Å². The lowest BCUT2D eigenvalue weighted by atomic mass is 10.1. The van der Waals surface area contributed by atoms with Gasteiger partial charge >= 0.3 is 0 Å². The minimum atomic E-state index is -1.69. The number of nitrogens with one attached hydrogen (secondary N) is 1. The molecule has 2 rings (SSSR count). The lowest BCUT2D eigenvalue weighted by molar-refractivity contribution is 0.0729. The summed E-state index contributed by atoms with van der Waals surface area (Å²) in [4.78, 5) is 13.2. The maximum absolute atomic E-state index is 13.5. The number of nitrogens with zero attached hydrogens (tertiary/aromatic N) is 1. The number of halogens is 4. The van der Waals surface area contributed by atoms with Gasteiger partial charge in [-0.1, -0.05) is 0 Å². The van der Waals surface area contributed by atoms with Crippen molar-refractivity contribution in [2.24, 2.45) is 0 Å². The van der Waals surface area contributed by atoms with Gasteiger partial charge in [0.2, 0.25) is 5.82 Å². The number of amides is 1. The number of carbonyl (C=O) groups is 1. The van der Waals surface area contributed by atoms with Crippen molar-refractivity contribution < 1.29 is 23.1 Å². The second-order valence-corrected chi connectivity index (χ2v) is 3.92. The smallest absolute Gasteiger partial charge is 0.257 e. The van der Waals surface area contributed by atoms with Crippen molar-refractivity contribution in [1.82, 2.24) is 10.2 Å². The van der Waals surface area contributed by atoms with Gasteiger partial charge in [0.05, 0.1) is 5.56 Å². The van der Waals surface area contributed by atoms with E-state index in [1.165, 1.54) is 4.90 Å². The van der Waals surface area contributed by atoms with E-state index in [4.69, 9.17) is 5.11 Å². The Hall–Kier alpha value is -1.47. The van der Waals surface area contributed by atoms with Crippen LogP contribution in [0.15, 0.2) is 6.07 Å². The number of benzene rings is 1. The van der Waals surface area contributed by atoms with Crippen LogP contribution in [0.2, 0.25) is 0 Å². The van der Waals surface area contributed by atoms with E-state index in [0.717, 1.165) is 0 Å². The van der Waals surface area contributed by atoms with Crippen molar-refractivity contribution in [3.8, 4) is 5.75 Å². The van der Waals surface area contributed by atoms with Crippen molar-refractivity contribution in [3.63, 3.8) is 0 Å². The Labute approximate surface area is 113 Å². The van der Waals surface area contributed by atoms with Crippen molar-refractivity contribution in [2.75, 3.05) is 26.2 Å². The van der Waals surface area contributed by atoms with Crippen LogP contribution >= 0.6 is 12.4 Å². The highest BCUT2D eigenvalue weighted by atomic mass is 35.5. The summed E-state index contributed by atoms with van der Waals surface area (Å²) in [5.74, 6) is -6.80. The molecule has 19 heavy (non-hydrogen) atoms. The van der Waals surface area contributed by atoms with Crippen LogP contribution in [-0.2, 0) is 0 Å². The van der Waals surface area contributed by atoms with Gasteiger partial charge in [0.25, 0.3) is 5.91 Å². The number of hydrogen-bond acceptors (Lipinski definition) is 3. The summed E-state index contributed by atoms with van der Waals surface area (Å²) in [5.41, 5.74) is -0.659. The van der Waals surface area contributed by atoms with Gasteiger partial charge in [0, 0.05) is 26.2 Å². The number of hydrogen-bond donors (Lipinski definition) is 2. The molecule has 1 saturated heterocycles. The lowest BCUT2D eigenvalue weighted by Crippen LogP contribution is -2.46. The van der Waals surface area contributed by atoms with Crippen molar-refractivity contribution >= 4 is 18.3 Å². The predicted octanol–water partition coefficient (Wildman–Crippen LogP) is 1.28. The van der Waals surface area contributed by atoms with Crippen LogP contribution in [0.5, 0.6) is 5.75 Å². The van der Waals surface area contributed by atoms with Crippen LogP contribution < -0.4 is 5.32 Å². The molecule has 0 spiro atoms. The van der Waals surface area contributed by atoms with Crippen LogP contribution in [0.3, 0.4) is 0 Å². The fourth-order valence-electron chi connectivity index (χ4n) is 1.78. The molecule has 1 fully saturated rings. The highest BCUT2D eigenvalue weighted by molar-refractivity contribution is 5.95. The molecule has 0 bridgehead atoms. The second kappa shape index (κ2) is 6.12. The summed E-state index contributed by atoms with van der Waals surface area (Å²) in [5, 5.41) is 12.0.